The highest BCUT2D eigenvalue weighted by Crippen LogP contribution is 2.33. The van der Waals surface area contributed by atoms with Crippen LogP contribution in [-0.4, -0.2) is 49.4 Å². The summed E-state index contributed by atoms with van der Waals surface area (Å²) < 4.78 is 11.1. The van der Waals surface area contributed by atoms with Gasteiger partial charge in [-0.05, 0) is 53.6 Å². The molecule has 0 saturated carbocycles. The van der Waals surface area contributed by atoms with Crippen LogP contribution in [0.1, 0.15) is 31.8 Å². The van der Waals surface area contributed by atoms with Crippen LogP contribution in [0.2, 0.25) is 0 Å². The number of carbonyl (C=O) groups is 4. The maximum atomic E-state index is 13.1. The molecule has 37 heavy (non-hydrogen) atoms. The average Bonchev–Trinajstić information content (AvgIpc) is 3.38. The number of hydrogen-bond acceptors (Lipinski definition) is 6. The molecular formula is C27H24N4O6. The number of nitrogens with zero attached hydrogens (tertiary/aromatic N) is 1. The van der Waals surface area contributed by atoms with E-state index in [1.54, 1.807) is 67.7 Å². The van der Waals surface area contributed by atoms with Crippen molar-refractivity contribution >= 4 is 23.8 Å². The first-order chi connectivity index (χ1) is 17.8. The summed E-state index contributed by atoms with van der Waals surface area (Å²) in [5.41, 5.74) is 0.783. The van der Waals surface area contributed by atoms with Crippen LogP contribution in [0.3, 0.4) is 0 Å². The van der Waals surface area contributed by atoms with Crippen molar-refractivity contribution in [3.05, 3.63) is 89.0 Å². The van der Waals surface area contributed by atoms with Gasteiger partial charge in [-0.3, -0.25) is 19.7 Å². The summed E-state index contributed by atoms with van der Waals surface area (Å²) in [5, 5.41) is 7.58. The Kier molecular flexibility index (Phi) is 6.00. The van der Waals surface area contributed by atoms with Crippen LogP contribution >= 0.6 is 0 Å². The summed E-state index contributed by atoms with van der Waals surface area (Å²) in [4.78, 5) is 51.8. The number of carbonyl (C=O) groups excluding carboxylic acids is 4. The van der Waals surface area contributed by atoms with Crippen LogP contribution in [-0.2, 0) is 16.9 Å². The highest BCUT2D eigenvalue weighted by Gasteiger charge is 2.50. The standard InChI is InChI=1S/C27H24N4O6/c1-28-23(32)16-4-3-5-21(12-16)37-19-10-7-18(8-11-19)27(25(34)29-26(35)30-27)15-31-14-17-6-9-20(36-2)13-22(17)24(31)33/h3-13H,14-15H2,1-2H3,(H,28,32)(H2,29,30,34,35)/t27-/m0/s1. The van der Waals surface area contributed by atoms with Crippen LogP contribution < -0.4 is 25.4 Å². The minimum Gasteiger partial charge on any atom is -0.497 e. The first-order valence-electron chi connectivity index (χ1n) is 11.5. The predicted octanol–water partition coefficient (Wildman–Crippen LogP) is 2.54. The van der Waals surface area contributed by atoms with Crippen LogP contribution in [0.5, 0.6) is 17.2 Å². The molecule has 3 N–H and O–H groups in total. The number of methoxy groups -OCH3 is 1. The van der Waals surface area contributed by atoms with E-state index in [1.165, 1.54) is 12.0 Å². The molecule has 3 aromatic rings. The highest BCUT2D eigenvalue weighted by atomic mass is 16.5. The van der Waals surface area contributed by atoms with Gasteiger partial charge in [-0.25, -0.2) is 4.79 Å². The fraction of sp³-hybridized carbons (Fsp3) is 0.185. The zero-order valence-corrected chi connectivity index (χ0v) is 20.2. The van der Waals surface area contributed by atoms with Crippen molar-refractivity contribution in [2.24, 2.45) is 0 Å². The van der Waals surface area contributed by atoms with E-state index in [9.17, 15) is 19.2 Å². The van der Waals surface area contributed by atoms with Crippen molar-refractivity contribution in [3.8, 4) is 17.2 Å². The molecule has 2 aliphatic rings. The Bertz CT molecular complexity index is 1420. The third-order valence-electron chi connectivity index (χ3n) is 6.47. The predicted molar refractivity (Wildman–Crippen MR) is 132 cm³/mol. The molecule has 2 heterocycles. The van der Waals surface area contributed by atoms with E-state index in [0.717, 1.165) is 5.56 Å². The number of hydrogen-bond donors (Lipinski definition) is 3. The number of ether oxygens (including phenoxy) is 2. The SMILES string of the molecule is CNC(=O)c1cccc(Oc2ccc([C@]3(CN4Cc5ccc(OC)cc5C4=O)NC(=O)NC3=O)cc2)c1. The van der Waals surface area contributed by atoms with Crippen LogP contribution in [0, 0.1) is 0 Å². The van der Waals surface area contributed by atoms with Gasteiger partial charge in [0.1, 0.15) is 17.2 Å². The van der Waals surface area contributed by atoms with Gasteiger partial charge in [-0.15, -0.1) is 0 Å². The van der Waals surface area contributed by atoms with E-state index in [1.807, 2.05) is 6.07 Å². The van der Waals surface area contributed by atoms with Gasteiger partial charge in [-0.2, -0.15) is 0 Å². The van der Waals surface area contributed by atoms with Gasteiger partial charge in [0.2, 0.25) is 0 Å². The minimum atomic E-state index is -1.48. The topological polar surface area (TPSA) is 126 Å². The second-order valence-corrected chi connectivity index (χ2v) is 8.73. The molecule has 0 spiro atoms. The summed E-state index contributed by atoms with van der Waals surface area (Å²) >= 11 is 0. The first kappa shape index (κ1) is 23.9. The van der Waals surface area contributed by atoms with Gasteiger partial charge in [0.05, 0.1) is 13.7 Å². The second kappa shape index (κ2) is 9.30. The van der Waals surface area contributed by atoms with E-state index in [0.29, 0.717) is 40.5 Å². The molecule has 5 rings (SSSR count). The summed E-state index contributed by atoms with van der Waals surface area (Å²) in [6.07, 6.45) is 0. The van der Waals surface area contributed by atoms with Gasteiger partial charge in [0.15, 0.2) is 5.54 Å². The Morgan fingerprint density at radius 3 is 2.43 bits per heavy atom. The number of imide groups is 1. The Labute approximate surface area is 212 Å². The van der Waals surface area contributed by atoms with E-state index < -0.39 is 17.5 Å². The molecule has 1 fully saturated rings. The van der Waals surface area contributed by atoms with Gasteiger partial charge < -0.3 is 25.0 Å². The lowest BCUT2D eigenvalue weighted by atomic mass is 9.89. The van der Waals surface area contributed by atoms with E-state index in [4.69, 9.17) is 9.47 Å². The Morgan fingerprint density at radius 1 is 1.00 bits per heavy atom. The molecule has 0 radical (unpaired) electrons. The van der Waals surface area contributed by atoms with Crippen molar-refractivity contribution in [1.82, 2.24) is 20.9 Å². The zero-order chi connectivity index (χ0) is 26.2. The molecule has 188 valence electrons. The molecule has 0 aromatic heterocycles. The molecule has 0 unspecified atom stereocenters. The van der Waals surface area contributed by atoms with Crippen LogP contribution in [0.15, 0.2) is 66.7 Å². The molecular weight excluding hydrogens is 476 g/mol. The number of benzene rings is 3. The number of amides is 5. The van der Waals surface area contributed by atoms with Crippen molar-refractivity contribution in [3.63, 3.8) is 0 Å². The van der Waals surface area contributed by atoms with Crippen molar-refractivity contribution in [2.75, 3.05) is 20.7 Å². The lowest BCUT2D eigenvalue weighted by Crippen LogP contribution is -2.52. The fourth-order valence-electron chi connectivity index (χ4n) is 4.57. The lowest BCUT2D eigenvalue weighted by Gasteiger charge is -2.31. The number of urea groups is 1. The van der Waals surface area contributed by atoms with Gasteiger partial charge in [-0.1, -0.05) is 24.3 Å². The van der Waals surface area contributed by atoms with Crippen LogP contribution in [0.25, 0.3) is 0 Å². The third-order valence-corrected chi connectivity index (χ3v) is 6.47. The molecule has 1 atom stereocenters. The molecule has 3 aromatic carbocycles. The van der Waals surface area contributed by atoms with Crippen molar-refractivity contribution in [1.29, 1.82) is 0 Å². The molecule has 10 nitrogen and oxygen atoms in total. The molecule has 0 bridgehead atoms. The average molecular weight is 501 g/mol. The minimum absolute atomic E-state index is 0.0607. The quantitative estimate of drug-likeness (QED) is 0.428. The van der Waals surface area contributed by atoms with Crippen LogP contribution in [0.4, 0.5) is 4.79 Å². The maximum Gasteiger partial charge on any atom is 0.322 e. The summed E-state index contributed by atoms with van der Waals surface area (Å²) in [6.45, 7) is 0.237. The number of fused-ring (bicyclic) bond motifs is 1. The Balaban J connectivity index is 1.40. The highest BCUT2D eigenvalue weighted by molar-refractivity contribution is 6.08. The maximum absolute atomic E-state index is 13.1. The molecule has 1 saturated heterocycles. The van der Waals surface area contributed by atoms with E-state index in [2.05, 4.69) is 16.0 Å². The van der Waals surface area contributed by atoms with Gasteiger partial charge in [0.25, 0.3) is 17.7 Å². The second-order valence-electron chi connectivity index (χ2n) is 8.73. The van der Waals surface area contributed by atoms with Gasteiger partial charge in [0, 0.05) is 24.7 Å². The molecule has 2 aliphatic heterocycles. The Morgan fingerprint density at radius 2 is 1.76 bits per heavy atom. The smallest absolute Gasteiger partial charge is 0.322 e. The monoisotopic (exact) mass is 500 g/mol. The third kappa shape index (κ3) is 4.33. The zero-order valence-electron chi connectivity index (χ0n) is 20.2. The first-order valence-corrected chi connectivity index (χ1v) is 11.5. The normalized spacial score (nSPS) is 18.2. The summed E-state index contributed by atoms with van der Waals surface area (Å²) in [7, 11) is 3.08. The van der Waals surface area contributed by atoms with E-state index in [-0.39, 0.29) is 18.4 Å². The number of nitrogens with one attached hydrogen (secondary N) is 3. The molecule has 5 amide bonds. The summed E-state index contributed by atoms with van der Waals surface area (Å²) in [6, 6.07) is 18.0. The fourth-order valence-corrected chi connectivity index (χ4v) is 4.57. The Hall–Kier alpha value is -4.86. The molecule has 0 aliphatic carbocycles. The van der Waals surface area contributed by atoms with Crippen molar-refractivity contribution < 1.29 is 28.7 Å². The van der Waals surface area contributed by atoms with E-state index >= 15 is 0 Å². The lowest BCUT2D eigenvalue weighted by molar-refractivity contribution is -0.124. The number of rotatable bonds is 7. The molecule has 10 heteroatoms. The largest absolute Gasteiger partial charge is 0.497 e. The summed E-state index contributed by atoms with van der Waals surface area (Å²) in [5.74, 6) is 0.458. The van der Waals surface area contributed by atoms with Gasteiger partial charge >= 0.3 is 6.03 Å². The van der Waals surface area contributed by atoms with Crippen molar-refractivity contribution in [2.45, 2.75) is 12.1 Å².